The van der Waals surface area contributed by atoms with Crippen molar-refractivity contribution in [3.05, 3.63) is 148 Å². The summed E-state index contributed by atoms with van der Waals surface area (Å²) in [6.45, 7) is 45.8. The van der Waals surface area contributed by atoms with Gasteiger partial charge in [0.05, 0.1) is 5.69 Å². The summed E-state index contributed by atoms with van der Waals surface area (Å²) in [5, 5.41) is 0. The highest BCUT2D eigenvalue weighted by molar-refractivity contribution is 7.00. The maximum absolute atomic E-state index is 2.73. The van der Waals surface area contributed by atoms with E-state index in [9.17, 15) is 0 Å². The Labute approximate surface area is 424 Å². The van der Waals surface area contributed by atoms with Gasteiger partial charge in [0, 0.05) is 34.0 Å². The minimum Gasteiger partial charge on any atom is -0.311 e. The van der Waals surface area contributed by atoms with Gasteiger partial charge in [0.1, 0.15) is 0 Å². The fraction of sp³-hybridized carbons (Fsp3) is 0.463. The lowest BCUT2D eigenvalue weighted by molar-refractivity contribution is 0.332. The molecule has 0 saturated heterocycles. The molecule has 364 valence electrons. The van der Waals surface area contributed by atoms with Gasteiger partial charge in [-0.1, -0.05) is 186 Å². The molecule has 70 heavy (non-hydrogen) atoms. The van der Waals surface area contributed by atoms with Crippen LogP contribution in [0.1, 0.15) is 208 Å². The van der Waals surface area contributed by atoms with Crippen molar-refractivity contribution in [3.63, 3.8) is 0 Å². The largest absolute Gasteiger partial charge is 0.311 e. The van der Waals surface area contributed by atoms with E-state index in [0.717, 1.165) is 0 Å². The van der Waals surface area contributed by atoms with Gasteiger partial charge in [-0.3, -0.25) is 0 Å². The zero-order chi connectivity index (χ0) is 50.6. The quantitative estimate of drug-likeness (QED) is 0.162. The van der Waals surface area contributed by atoms with Crippen LogP contribution >= 0.6 is 0 Å². The lowest BCUT2D eigenvalue weighted by Gasteiger charge is -2.48. The lowest BCUT2D eigenvalue weighted by Crippen LogP contribution is -2.62. The van der Waals surface area contributed by atoms with Crippen LogP contribution in [0.5, 0.6) is 0 Å². The molecule has 2 heterocycles. The molecule has 2 aliphatic carbocycles. The summed E-state index contributed by atoms with van der Waals surface area (Å²) in [6.07, 6.45) is 4.74. The summed E-state index contributed by atoms with van der Waals surface area (Å²) < 4.78 is 0. The van der Waals surface area contributed by atoms with Gasteiger partial charge >= 0.3 is 0 Å². The third-order valence-electron chi connectivity index (χ3n) is 17.9. The highest BCUT2D eigenvalue weighted by Crippen LogP contribution is 2.54. The summed E-state index contributed by atoms with van der Waals surface area (Å²) >= 11 is 0. The lowest BCUT2D eigenvalue weighted by atomic mass is 9.33. The van der Waals surface area contributed by atoms with E-state index in [4.69, 9.17) is 0 Å². The highest BCUT2D eigenvalue weighted by Gasteiger charge is 2.48. The smallest absolute Gasteiger partial charge is 0.252 e. The molecule has 0 unspecified atom stereocenters. The molecule has 0 spiro atoms. The van der Waals surface area contributed by atoms with Crippen molar-refractivity contribution in [2.24, 2.45) is 0 Å². The predicted octanol–water partition coefficient (Wildman–Crippen LogP) is 17.2. The molecule has 0 N–H and O–H groups in total. The second-order valence-corrected chi connectivity index (χ2v) is 28.3. The minimum absolute atomic E-state index is 0.0238. The Morgan fingerprint density at radius 3 is 1.44 bits per heavy atom. The molecule has 2 nitrogen and oxygen atoms in total. The summed E-state index contributed by atoms with van der Waals surface area (Å²) in [5.41, 5.74) is 26.3. The monoisotopic (exact) mass is 927 g/mol. The SMILES string of the molecule is CC(C)c1cc2c3c(c1)N(c1ccc(C(C)(C)C)cc1-c1ccc(C(C)(C)C)cc1)c1cc(C(C)(C)C)ccc1B3c1cc3c(cc1N2c1ccc2c(c1)C(C)(C)CCC2(C)C)C(C)(C)CCC3(C)C. The summed E-state index contributed by atoms with van der Waals surface area (Å²) in [6, 6.07) is 42.5. The zero-order valence-electron chi connectivity index (χ0n) is 46.7. The van der Waals surface area contributed by atoms with Crippen molar-refractivity contribution in [2.75, 3.05) is 9.80 Å². The van der Waals surface area contributed by atoms with E-state index in [1.807, 2.05) is 0 Å². The molecule has 0 radical (unpaired) electrons. The number of hydrogen-bond acceptors (Lipinski definition) is 2. The van der Waals surface area contributed by atoms with Crippen molar-refractivity contribution in [1.29, 1.82) is 0 Å². The van der Waals surface area contributed by atoms with Gasteiger partial charge in [-0.15, -0.1) is 0 Å². The molecule has 0 atom stereocenters. The molecule has 6 aromatic rings. The van der Waals surface area contributed by atoms with Gasteiger partial charge in [0.15, 0.2) is 0 Å². The van der Waals surface area contributed by atoms with E-state index in [1.54, 1.807) is 0 Å². The Morgan fingerprint density at radius 1 is 0.414 bits per heavy atom. The first-order chi connectivity index (χ1) is 32.4. The van der Waals surface area contributed by atoms with Crippen molar-refractivity contribution >= 4 is 57.2 Å². The van der Waals surface area contributed by atoms with Crippen LogP contribution in [0.2, 0.25) is 0 Å². The number of benzene rings is 6. The predicted molar refractivity (Wildman–Crippen MR) is 307 cm³/mol. The van der Waals surface area contributed by atoms with Crippen molar-refractivity contribution in [3.8, 4) is 11.1 Å². The van der Waals surface area contributed by atoms with Crippen LogP contribution in [-0.4, -0.2) is 6.71 Å². The zero-order valence-corrected chi connectivity index (χ0v) is 46.7. The first kappa shape index (κ1) is 48.6. The first-order valence-corrected chi connectivity index (χ1v) is 26.9. The molecular weight excluding hydrogens is 844 g/mol. The van der Waals surface area contributed by atoms with Crippen LogP contribution in [0.25, 0.3) is 11.1 Å². The van der Waals surface area contributed by atoms with Crippen molar-refractivity contribution in [1.82, 2.24) is 0 Å². The van der Waals surface area contributed by atoms with E-state index in [0.29, 0.717) is 5.92 Å². The molecule has 0 bridgehead atoms. The van der Waals surface area contributed by atoms with Gasteiger partial charge in [-0.25, -0.2) is 0 Å². The summed E-state index contributed by atoms with van der Waals surface area (Å²) in [7, 11) is 0. The van der Waals surface area contributed by atoms with Gasteiger partial charge in [0.25, 0.3) is 6.71 Å². The number of rotatable bonds is 4. The normalized spacial score (nSPS) is 18.5. The van der Waals surface area contributed by atoms with E-state index in [2.05, 4.69) is 244 Å². The Bertz CT molecular complexity index is 3080. The van der Waals surface area contributed by atoms with Crippen LogP contribution in [-0.2, 0) is 37.9 Å². The van der Waals surface area contributed by atoms with Crippen LogP contribution in [0.3, 0.4) is 0 Å². The topological polar surface area (TPSA) is 6.48 Å². The first-order valence-electron chi connectivity index (χ1n) is 26.9. The maximum Gasteiger partial charge on any atom is 0.252 e. The van der Waals surface area contributed by atoms with Crippen molar-refractivity contribution in [2.45, 2.75) is 201 Å². The van der Waals surface area contributed by atoms with Crippen molar-refractivity contribution < 1.29 is 0 Å². The fourth-order valence-electron chi connectivity index (χ4n) is 12.7. The van der Waals surface area contributed by atoms with Gasteiger partial charge < -0.3 is 9.80 Å². The Hall–Kier alpha value is -5.02. The van der Waals surface area contributed by atoms with Crippen LogP contribution in [0, 0.1) is 0 Å². The number of hydrogen-bond donors (Lipinski definition) is 0. The van der Waals surface area contributed by atoms with E-state index >= 15 is 0 Å². The minimum atomic E-state index is -0.0433. The molecule has 2 aliphatic heterocycles. The molecule has 10 rings (SSSR count). The Kier molecular flexibility index (Phi) is 10.9. The number of fused-ring (bicyclic) bond motifs is 6. The third kappa shape index (κ3) is 7.81. The maximum atomic E-state index is 2.73. The number of anilines is 6. The molecule has 4 aliphatic rings. The summed E-state index contributed by atoms with van der Waals surface area (Å²) in [5.74, 6) is 0.312. The van der Waals surface area contributed by atoms with E-state index in [-0.39, 0.29) is 44.6 Å². The average molecular weight is 927 g/mol. The molecule has 0 saturated carbocycles. The Balaban J connectivity index is 1.35. The Morgan fingerprint density at radius 2 is 0.886 bits per heavy atom. The molecule has 0 amide bonds. The van der Waals surface area contributed by atoms with Gasteiger partial charge in [0.2, 0.25) is 0 Å². The summed E-state index contributed by atoms with van der Waals surface area (Å²) in [4.78, 5) is 5.44. The number of nitrogens with zero attached hydrogens (tertiary/aromatic N) is 2. The average Bonchev–Trinajstić information content (AvgIpc) is 3.27. The van der Waals surface area contributed by atoms with Crippen LogP contribution in [0.4, 0.5) is 34.1 Å². The van der Waals surface area contributed by atoms with Crippen LogP contribution < -0.4 is 26.2 Å². The van der Waals surface area contributed by atoms with Crippen LogP contribution in [0.15, 0.2) is 103 Å². The van der Waals surface area contributed by atoms with Gasteiger partial charge in [-0.05, 0) is 184 Å². The fourth-order valence-corrected chi connectivity index (χ4v) is 12.7. The van der Waals surface area contributed by atoms with Gasteiger partial charge in [-0.2, -0.15) is 0 Å². The molecule has 6 aromatic carbocycles. The molecule has 0 fully saturated rings. The third-order valence-corrected chi connectivity index (χ3v) is 17.9. The second-order valence-electron chi connectivity index (χ2n) is 28.3. The standard InChI is InChI=1S/C67H83BN2/c1-41(2)43-34-58-60-59(35-43)70(55-29-25-45(62(6,7)8)36-48(55)42-20-22-44(23-21-42)61(3,4)5)56-37-46(63(9,10)11)24-28-53(56)68(60)54-39-51-52(67(18,19)33-32-66(51,16)17)40-57(54)69(58)47-26-27-49-50(38-47)65(14,15)31-30-64(49,12)13/h20-29,34-41H,30-33H2,1-19H3. The molecule has 0 aromatic heterocycles. The van der Waals surface area contributed by atoms with E-state index < -0.39 is 0 Å². The second kappa shape index (κ2) is 15.7. The highest BCUT2D eigenvalue weighted by atomic mass is 15.2. The van der Waals surface area contributed by atoms with E-state index in [1.165, 1.54) is 132 Å². The molecular formula is C67H83BN2. The molecule has 3 heteroatoms.